The lowest BCUT2D eigenvalue weighted by Crippen LogP contribution is -2.48. The van der Waals surface area contributed by atoms with Crippen LogP contribution >= 0.6 is 0 Å². The summed E-state index contributed by atoms with van der Waals surface area (Å²) >= 11 is 0. The summed E-state index contributed by atoms with van der Waals surface area (Å²) in [6, 6.07) is 8.41. The molecule has 1 aromatic carbocycles. The summed E-state index contributed by atoms with van der Waals surface area (Å²) in [6.45, 7) is 2.97. The van der Waals surface area contributed by atoms with Gasteiger partial charge in [-0.3, -0.25) is 4.79 Å². The van der Waals surface area contributed by atoms with Gasteiger partial charge < -0.3 is 15.1 Å². The molecule has 5 heteroatoms. The van der Waals surface area contributed by atoms with Gasteiger partial charge in [0.05, 0.1) is 0 Å². The standard InChI is InChI=1S/C18H21N3O2/c22-16(13-21-12-9-19-17(21)23)20-10-7-18(8-11-20)6-5-14-3-1-2-4-15(14)18/h1-6H,7-13H2,(H,19,23). The largest absolute Gasteiger partial charge is 0.341 e. The zero-order valence-corrected chi connectivity index (χ0v) is 13.1. The number of benzene rings is 1. The first-order chi connectivity index (χ1) is 11.2. The summed E-state index contributed by atoms with van der Waals surface area (Å²) in [5, 5.41) is 2.74. The number of likely N-dealkylation sites (tertiary alicyclic amines) is 1. The number of rotatable bonds is 2. The number of hydrogen-bond donors (Lipinski definition) is 1. The van der Waals surface area contributed by atoms with Crippen molar-refractivity contribution in [2.45, 2.75) is 18.3 Å². The Balaban J connectivity index is 1.41. The molecule has 0 bridgehead atoms. The first-order valence-corrected chi connectivity index (χ1v) is 8.27. The summed E-state index contributed by atoms with van der Waals surface area (Å²) in [6.07, 6.45) is 6.44. The lowest BCUT2D eigenvalue weighted by molar-refractivity contribution is -0.133. The van der Waals surface area contributed by atoms with Gasteiger partial charge in [-0.05, 0) is 24.0 Å². The molecule has 0 unspecified atom stereocenters. The molecule has 5 nitrogen and oxygen atoms in total. The number of amides is 3. The normalized spacial score (nSPS) is 21.7. The zero-order chi connectivity index (χ0) is 15.9. The highest BCUT2D eigenvalue weighted by molar-refractivity contribution is 5.85. The molecule has 120 valence electrons. The number of hydrogen-bond acceptors (Lipinski definition) is 2. The van der Waals surface area contributed by atoms with E-state index in [1.807, 2.05) is 4.90 Å². The van der Waals surface area contributed by atoms with Crippen LogP contribution in [0.1, 0.15) is 24.0 Å². The maximum absolute atomic E-state index is 12.4. The van der Waals surface area contributed by atoms with Gasteiger partial charge in [0.1, 0.15) is 6.54 Å². The Morgan fingerprint density at radius 3 is 2.70 bits per heavy atom. The van der Waals surface area contributed by atoms with E-state index in [0.717, 1.165) is 25.9 Å². The number of nitrogens with one attached hydrogen (secondary N) is 1. The van der Waals surface area contributed by atoms with Crippen LogP contribution < -0.4 is 5.32 Å². The average molecular weight is 311 g/mol. The van der Waals surface area contributed by atoms with Crippen molar-refractivity contribution in [1.82, 2.24) is 15.1 Å². The van der Waals surface area contributed by atoms with Crippen LogP contribution in [0, 0.1) is 0 Å². The van der Waals surface area contributed by atoms with Crippen LogP contribution in [0.4, 0.5) is 4.79 Å². The van der Waals surface area contributed by atoms with Crippen molar-refractivity contribution < 1.29 is 9.59 Å². The first kappa shape index (κ1) is 14.3. The average Bonchev–Trinajstić information content (AvgIpc) is 3.14. The van der Waals surface area contributed by atoms with Crippen molar-refractivity contribution >= 4 is 18.0 Å². The molecule has 0 atom stereocenters. The molecule has 1 N–H and O–H groups in total. The van der Waals surface area contributed by atoms with E-state index in [1.54, 1.807) is 4.90 Å². The van der Waals surface area contributed by atoms with Crippen LogP contribution in [0.2, 0.25) is 0 Å². The lowest BCUT2D eigenvalue weighted by Gasteiger charge is -2.39. The third kappa shape index (κ3) is 2.40. The molecule has 1 spiro atoms. The molecule has 1 aliphatic carbocycles. The lowest BCUT2D eigenvalue weighted by atomic mass is 9.74. The van der Waals surface area contributed by atoms with Gasteiger partial charge in [-0.2, -0.15) is 0 Å². The van der Waals surface area contributed by atoms with E-state index in [4.69, 9.17) is 0 Å². The van der Waals surface area contributed by atoms with Gasteiger partial charge >= 0.3 is 6.03 Å². The minimum absolute atomic E-state index is 0.0622. The molecule has 2 heterocycles. The van der Waals surface area contributed by atoms with E-state index in [0.29, 0.717) is 13.1 Å². The molecule has 4 rings (SSSR count). The van der Waals surface area contributed by atoms with E-state index in [1.165, 1.54) is 11.1 Å². The number of nitrogens with zero attached hydrogens (tertiary/aromatic N) is 2. The van der Waals surface area contributed by atoms with Crippen molar-refractivity contribution in [2.24, 2.45) is 0 Å². The smallest absolute Gasteiger partial charge is 0.317 e. The minimum Gasteiger partial charge on any atom is -0.341 e. The third-order valence-corrected chi connectivity index (χ3v) is 5.36. The predicted octanol–water partition coefficient (Wildman–Crippen LogP) is 1.60. The number of carbonyl (C=O) groups excluding carboxylic acids is 2. The second-order valence-electron chi connectivity index (χ2n) is 6.61. The van der Waals surface area contributed by atoms with Crippen molar-refractivity contribution in [2.75, 3.05) is 32.7 Å². The maximum Gasteiger partial charge on any atom is 0.317 e. The third-order valence-electron chi connectivity index (χ3n) is 5.36. The Labute approximate surface area is 135 Å². The van der Waals surface area contributed by atoms with Gasteiger partial charge in [0, 0.05) is 31.6 Å². The molecular formula is C18H21N3O2. The number of piperidine rings is 1. The molecule has 3 amide bonds. The summed E-state index contributed by atoms with van der Waals surface area (Å²) in [5.74, 6) is 0.0622. The summed E-state index contributed by atoms with van der Waals surface area (Å²) in [5.41, 5.74) is 2.80. The van der Waals surface area contributed by atoms with E-state index >= 15 is 0 Å². The Kier molecular flexibility index (Phi) is 3.36. The molecule has 2 aliphatic heterocycles. The van der Waals surface area contributed by atoms with Gasteiger partial charge in [-0.1, -0.05) is 36.4 Å². The fourth-order valence-electron chi connectivity index (χ4n) is 3.95. The van der Waals surface area contributed by atoms with Crippen LogP contribution in [0.15, 0.2) is 30.3 Å². The molecule has 23 heavy (non-hydrogen) atoms. The fourth-order valence-corrected chi connectivity index (χ4v) is 3.95. The number of carbonyl (C=O) groups is 2. The quantitative estimate of drug-likeness (QED) is 0.902. The molecule has 3 aliphatic rings. The van der Waals surface area contributed by atoms with Crippen molar-refractivity contribution in [1.29, 1.82) is 0 Å². The highest BCUT2D eigenvalue weighted by Gasteiger charge is 2.39. The molecule has 2 fully saturated rings. The number of fused-ring (bicyclic) bond motifs is 2. The molecule has 0 saturated carbocycles. The Morgan fingerprint density at radius 1 is 1.17 bits per heavy atom. The SMILES string of the molecule is O=C(CN1CCNC1=O)N1CCC2(C=Cc3ccccc32)CC1. The summed E-state index contributed by atoms with van der Waals surface area (Å²) in [4.78, 5) is 27.5. The van der Waals surface area contributed by atoms with Gasteiger partial charge in [-0.25, -0.2) is 4.79 Å². The Hall–Kier alpha value is -2.30. The highest BCUT2D eigenvalue weighted by Crippen LogP contribution is 2.43. The molecule has 2 saturated heterocycles. The van der Waals surface area contributed by atoms with Crippen molar-refractivity contribution in [3.63, 3.8) is 0 Å². The zero-order valence-electron chi connectivity index (χ0n) is 13.1. The number of urea groups is 1. The van der Waals surface area contributed by atoms with Gasteiger partial charge in [0.25, 0.3) is 0 Å². The monoisotopic (exact) mass is 311 g/mol. The molecule has 0 radical (unpaired) electrons. The van der Waals surface area contributed by atoms with Crippen molar-refractivity contribution in [3.8, 4) is 0 Å². The predicted molar refractivity (Wildman–Crippen MR) is 87.9 cm³/mol. The van der Waals surface area contributed by atoms with Crippen molar-refractivity contribution in [3.05, 3.63) is 41.5 Å². The Bertz CT molecular complexity index is 675. The van der Waals surface area contributed by atoms with Crippen LogP contribution in [0.3, 0.4) is 0 Å². The van der Waals surface area contributed by atoms with E-state index in [9.17, 15) is 9.59 Å². The molecular weight excluding hydrogens is 290 g/mol. The second-order valence-corrected chi connectivity index (χ2v) is 6.61. The highest BCUT2D eigenvalue weighted by atomic mass is 16.2. The van der Waals surface area contributed by atoms with Gasteiger partial charge in [0.2, 0.25) is 5.91 Å². The van der Waals surface area contributed by atoms with Crippen LogP contribution in [0.25, 0.3) is 6.08 Å². The van der Waals surface area contributed by atoms with Crippen LogP contribution in [0.5, 0.6) is 0 Å². The summed E-state index contributed by atoms with van der Waals surface area (Å²) < 4.78 is 0. The molecule has 0 aromatic heterocycles. The first-order valence-electron chi connectivity index (χ1n) is 8.27. The fraction of sp³-hybridized carbons (Fsp3) is 0.444. The van der Waals surface area contributed by atoms with E-state index < -0.39 is 0 Å². The van der Waals surface area contributed by atoms with E-state index in [2.05, 4.69) is 41.7 Å². The topological polar surface area (TPSA) is 52.7 Å². The Morgan fingerprint density at radius 2 is 1.96 bits per heavy atom. The minimum atomic E-state index is -0.125. The van der Waals surface area contributed by atoms with Gasteiger partial charge in [-0.15, -0.1) is 0 Å². The summed E-state index contributed by atoms with van der Waals surface area (Å²) in [7, 11) is 0. The van der Waals surface area contributed by atoms with E-state index in [-0.39, 0.29) is 23.9 Å². The van der Waals surface area contributed by atoms with Gasteiger partial charge in [0.15, 0.2) is 0 Å². The van der Waals surface area contributed by atoms with Crippen LogP contribution in [-0.2, 0) is 10.2 Å². The molecule has 1 aromatic rings. The maximum atomic E-state index is 12.4. The second kappa shape index (κ2) is 5.41. The number of allylic oxidation sites excluding steroid dienone is 1. The van der Waals surface area contributed by atoms with Crippen LogP contribution in [-0.4, -0.2) is 54.5 Å².